The molecule has 28 heavy (non-hydrogen) atoms. The number of hydrogen-bond donors (Lipinski definition) is 1. The fraction of sp³-hybridized carbons (Fsp3) is 0.250. The number of carboxylic acid groups (broad SMARTS) is 1. The summed E-state index contributed by atoms with van der Waals surface area (Å²) in [6.07, 6.45) is 2.36. The van der Waals surface area contributed by atoms with Crippen molar-refractivity contribution in [1.29, 1.82) is 0 Å². The Labute approximate surface area is 164 Å². The first kappa shape index (κ1) is 19.9. The number of ether oxygens (including phenoxy) is 1. The average Bonchev–Trinajstić information content (AvgIpc) is 2.72. The van der Waals surface area contributed by atoms with Gasteiger partial charge in [-0.3, -0.25) is 0 Å². The number of piperazine rings is 1. The van der Waals surface area contributed by atoms with E-state index in [1.807, 2.05) is 24.3 Å². The molecule has 1 aliphatic rings. The van der Waals surface area contributed by atoms with Crippen LogP contribution < -0.4 is 9.64 Å². The van der Waals surface area contributed by atoms with E-state index < -0.39 is 16.0 Å². The summed E-state index contributed by atoms with van der Waals surface area (Å²) in [4.78, 5) is 12.9. The van der Waals surface area contributed by atoms with Crippen LogP contribution in [0, 0.1) is 0 Å². The number of carboxylic acids is 1. The summed E-state index contributed by atoms with van der Waals surface area (Å²) in [5.74, 6) is -0.322. The Morgan fingerprint density at radius 1 is 1.07 bits per heavy atom. The van der Waals surface area contributed by atoms with E-state index in [4.69, 9.17) is 9.84 Å². The predicted molar refractivity (Wildman–Crippen MR) is 107 cm³/mol. The molecule has 0 unspecified atom stereocenters. The van der Waals surface area contributed by atoms with E-state index in [1.165, 1.54) is 22.5 Å². The third-order valence-electron chi connectivity index (χ3n) is 4.58. The van der Waals surface area contributed by atoms with Gasteiger partial charge in [-0.05, 0) is 35.9 Å². The highest BCUT2D eigenvalue weighted by atomic mass is 32.2. The largest absolute Gasteiger partial charge is 0.495 e. The van der Waals surface area contributed by atoms with Gasteiger partial charge in [-0.2, -0.15) is 4.31 Å². The molecule has 0 spiro atoms. The van der Waals surface area contributed by atoms with Crippen LogP contribution in [0.25, 0.3) is 6.08 Å². The summed E-state index contributed by atoms with van der Waals surface area (Å²) in [7, 11) is -2.03. The maximum Gasteiger partial charge on any atom is 0.328 e. The van der Waals surface area contributed by atoms with Crippen LogP contribution in [0.4, 0.5) is 5.69 Å². The molecule has 2 aromatic carbocycles. The van der Waals surface area contributed by atoms with E-state index in [1.54, 1.807) is 19.2 Å². The Morgan fingerprint density at radius 2 is 1.79 bits per heavy atom. The smallest absolute Gasteiger partial charge is 0.328 e. The molecule has 0 radical (unpaired) electrons. The molecule has 1 saturated heterocycles. The lowest BCUT2D eigenvalue weighted by Crippen LogP contribution is -2.48. The molecule has 1 heterocycles. The third kappa shape index (κ3) is 4.35. The molecule has 1 aliphatic heterocycles. The third-order valence-corrected chi connectivity index (χ3v) is 6.47. The van der Waals surface area contributed by atoms with Crippen molar-refractivity contribution in [3.63, 3.8) is 0 Å². The number of hydrogen-bond acceptors (Lipinski definition) is 5. The number of sulfonamides is 1. The van der Waals surface area contributed by atoms with E-state index in [0.29, 0.717) is 31.7 Å². The maximum atomic E-state index is 13.0. The van der Waals surface area contributed by atoms with E-state index >= 15 is 0 Å². The number of aliphatic carboxylic acids is 1. The van der Waals surface area contributed by atoms with Crippen molar-refractivity contribution in [2.45, 2.75) is 4.90 Å². The van der Waals surface area contributed by atoms with Gasteiger partial charge in [-0.1, -0.05) is 24.3 Å². The molecule has 0 amide bonds. The summed E-state index contributed by atoms with van der Waals surface area (Å²) in [6, 6.07) is 14.0. The van der Waals surface area contributed by atoms with Crippen LogP contribution in [0.5, 0.6) is 5.75 Å². The Bertz CT molecular complexity index is 980. The van der Waals surface area contributed by atoms with E-state index in [0.717, 1.165) is 17.5 Å². The zero-order valence-corrected chi connectivity index (χ0v) is 16.3. The first-order valence-corrected chi connectivity index (χ1v) is 10.2. The Hall–Kier alpha value is -2.84. The summed E-state index contributed by atoms with van der Waals surface area (Å²) in [6.45, 7) is 1.82. The molecule has 1 fully saturated rings. The summed E-state index contributed by atoms with van der Waals surface area (Å²) >= 11 is 0. The van der Waals surface area contributed by atoms with Gasteiger partial charge in [-0.25, -0.2) is 13.2 Å². The first-order valence-electron chi connectivity index (χ1n) is 8.81. The molecule has 0 saturated carbocycles. The summed E-state index contributed by atoms with van der Waals surface area (Å²) in [5.41, 5.74) is 1.47. The van der Waals surface area contributed by atoms with Gasteiger partial charge in [0.1, 0.15) is 5.75 Å². The zero-order valence-electron chi connectivity index (χ0n) is 15.5. The number of carbonyl (C=O) groups is 1. The molecular formula is C20H22N2O5S. The zero-order chi connectivity index (χ0) is 20.1. The predicted octanol–water partition coefficient (Wildman–Crippen LogP) is 2.30. The Morgan fingerprint density at radius 3 is 2.46 bits per heavy atom. The lowest BCUT2D eigenvalue weighted by molar-refractivity contribution is -0.131. The molecule has 8 heteroatoms. The minimum absolute atomic E-state index is 0.158. The van der Waals surface area contributed by atoms with Gasteiger partial charge in [0.2, 0.25) is 10.0 Å². The van der Waals surface area contributed by atoms with E-state index in [2.05, 4.69) is 4.90 Å². The van der Waals surface area contributed by atoms with Crippen molar-refractivity contribution in [2.24, 2.45) is 0 Å². The fourth-order valence-electron chi connectivity index (χ4n) is 3.16. The van der Waals surface area contributed by atoms with Crippen molar-refractivity contribution in [3.05, 3.63) is 60.2 Å². The summed E-state index contributed by atoms with van der Waals surface area (Å²) in [5, 5.41) is 8.74. The standard InChI is InChI=1S/C20H22N2O5S/c1-27-19-8-3-2-7-18(19)21-11-13-22(14-12-21)28(25,26)17-6-4-5-16(15-17)9-10-20(23)24/h2-10,15H,11-14H2,1H3,(H,23,24)/b10-9+. The molecule has 0 aromatic heterocycles. The molecule has 148 valence electrons. The summed E-state index contributed by atoms with van der Waals surface area (Å²) < 4.78 is 32.8. The Balaban J connectivity index is 1.75. The average molecular weight is 402 g/mol. The van der Waals surface area contributed by atoms with Gasteiger partial charge in [0, 0.05) is 32.3 Å². The van der Waals surface area contributed by atoms with Crippen molar-refractivity contribution in [3.8, 4) is 5.75 Å². The second kappa shape index (κ2) is 8.45. The van der Waals surface area contributed by atoms with Gasteiger partial charge in [-0.15, -0.1) is 0 Å². The second-order valence-electron chi connectivity index (χ2n) is 6.31. The van der Waals surface area contributed by atoms with Crippen LogP contribution in [-0.4, -0.2) is 57.1 Å². The van der Waals surface area contributed by atoms with Gasteiger partial charge in [0.25, 0.3) is 0 Å². The number of nitrogens with zero attached hydrogens (tertiary/aromatic N) is 2. The highest BCUT2D eigenvalue weighted by molar-refractivity contribution is 7.89. The SMILES string of the molecule is COc1ccccc1N1CCN(S(=O)(=O)c2cccc(/C=C/C(=O)O)c2)CC1. The fourth-order valence-corrected chi connectivity index (χ4v) is 4.63. The highest BCUT2D eigenvalue weighted by Crippen LogP contribution is 2.29. The normalized spacial score (nSPS) is 15.7. The number of anilines is 1. The van der Waals surface area contributed by atoms with Gasteiger partial charge < -0.3 is 14.7 Å². The van der Waals surface area contributed by atoms with Gasteiger partial charge >= 0.3 is 5.97 Å². The monoisotopic (exact) mass is 402 g/mol. The molecule has 0 bridgehead atoms. The number of rotatable bonds is 6. The minimum atomic E-state index is -3.65. The molecule has 0 atom stereocenters. The van der Waals surface area contributed by atoms with Crippen LogP contribution in [-0.2, 0) is 14.8 Å². The lowest BCUT2D eigenvalue weighted by Gasteiger charge is -2.36. The second-order valence-corrected chi connectivity index (χ2v) is 8.24. The molecule has 3 rings (SSSR count). The lowest BCUT2D eigenvalue weighted by atomic mass is 10.2. The van der Waals surface area contributed by atoms with Gasteiger partial charge in [0.05, 0.1) is 17.7 Å². The molecule has 1 N–H and O–H groups in total. The van der Waals surface area contributed by atoms with Crippen molar-refractivity contribution < 1.29 is 23.1 Å². The van der Waals surface area contributed by atoms with Gasteiger partial charge in [0.15, 0.2) is 0 Å². The van der Waals surface area contributed by atoms with E-state index in [9.17, 15) is 13.2 Å². The number of methoxy groups -OCH3 is 1. The highest BCUT2D eigenvalue weighted by Gasteiger charge is 2.29. The van der Waals surface area contributed by atoms with Crippen molar-refractivity contribution >= 4 is 27.8 Å². The quantitative estimate of drug-likeness (QED) is 0.746. The van der Waals surface area contributed by atoms with Crippen molar-refractivity contribution in [1.82, 2.24) is 4.31 Å². The van der Waals surface area contributed by atoms with Crippen LogP contribution in [0.2, 0.25) is 0 Å². The van der Waals surface area contributed by atoms with Crippen LogP contribution in [0.15, 0.2) is 59.5 Å². The number of para-hydroxylation sites is 2. The van der Waals surface area contributed by atoms with Crippen LogP contribution in [0.3, 0.4) is 0 Å². The van der Waals surface area contributed by atoms with Crippen LogP contribution >= 0.6 is 0 Å². The maximum absolute atomic E-state index is 13.0. The molecule has 7 nitrogen and oxygen atoms in total. The number of benzene rings is 2. The first-order chi connectivity index (χ1) is 13.4. The topological polar surface area (TPSA) is 87.2 Å². The molecular weight excluding hydrogens is 380 g/mol. The van der Waals surface area contributed by atoms with Crippen molar-refractivity contribution in [2.75, 3.05) is 38.2 Å². The molecule has 2 aromatic rings. The van der Waals surface area contributed by atoms with E-state index in [-0.39, 0.29) is 4.90 Å². The minimum Gasteiger partial charge on any atom is -0.495 e. The van der Waals surface area contributed by atoms with Crippen LogP contribution in [0.1, 0.15) is 5.56 Å². The molecule has 0 aliphatic carbocycles. The Kier molecular flexibility index (Phi) is 6.01.